The van der Waals surface area contributed by atoms with E-state index >= 15 is 0 Å². The lowest BCUT2D eigenvalue weighted by Crippen LogP contribution is -2.39. The first kappa shape index (κ1) is 9.70. The van der Waals surface area contributed by atoms with Crippen LogP contribution >= 0.6 is 0 Å². The van der Waals surface area contributed by atoms with E-state index in [0.29, 0.717) is 5.78 Å². The highest BCUT2D eigenvalue weighted by Crippen LogP contribution is 2.58. The van der Waals surface area contributed by atoms with Crippen LogP contribution in [0.3, 0.4) is 0 Å². The third-order valence-corrected chi connectivity index (χ3v) is 4.46. The Balaban J connectivity index is 2.55. The summed E-state index contributed by atoms with van der Waals surface area (Å²) in [7, 11) is 0. The molecule has 2 aliphatic carbocycles. The monoisotopic (exact) mass is 190 g/mol. The molecule has 76 valence electrons. The van der Waals surface area contributed by atoms with Crippen LogP contribution in [0.5, 0.6) is 0 Å². The standard InChI is InChI=1S/C13H18O/c1-4-10-6-5-8-13(3)11(14)7-9-12(10,13)2/h4-6H,7-9H2,1-3H3/b10-4-/t12-,13+/m0/s1. The van der Waals surface area contributed by atoms with Gasteiger partial charge in [0.2, 0.25) is 0 Å². The summed E-state index contributed by atoms with van der Waals surface area (Å²) in [4.78, 5) is 11.9. The topological polar surface area (TPSA) is 17.1 Å². The summed E-state index contributed by atoms with van der Waals surface area (Å²) in [6, 6.07) is 0. The molecule has 0 aromatic rings. The smallest absolute Gasteiger partial charge is 0.139 e. The summed E-state index contributed by atoms with van der Waals surface area (Å²) in [5.41, 5.74) is 1.30. The molecular formula is C13H18O. The highest BCUT2D eigenvalue weighted by atomic mass is 16.1. The number of rotatable bonds is 0. The highest BCUT2D eigenvalue weighted by Gasteiger charge is 2.55. The van der Waals surface area contributed by atoms with Gasteiger partial charge in [-0.3, -0.25) is 4.79 Å². The molecule has 14 heavy (non-hydrogen) atoms. The fourth-order valence-corrected chi connectivity index (χ4v) is 3.05. The van der Waals surface area contributed by atoms with Crippen molar-refractivity contribution in [2.45, 2.75) is 40.0 Å². The number of fused-ring (bicyclic) bond motifs is 1. The molecule has 0 bridgehead atoms. The van der Waals surface area contributed by atoms with Gasteiger partial charge in [-0.05, 0) is 25.3 Å². The van der Waals surface area contributed by atoms with E-state index in [1.165, 1.54) is 5.57 Å². The molecular weight excluding hydrogens is 172 g/mol. The van der Waals surface area contributed by atoms with Gasteiger partial charge in [0.15, 0.2) is 0 Å². The van der Waals surface area contributed by atoms with Crippen molar-refractivity contribution < 1.29 is 4.79 Å². The molecule has 0 aromatic carbocycles. The van der Waals surface area contributed by atoms with E-state index in [2.05, 4.69) is 39.0 Å². The Bertz CT molecular complexity index is 337. The van der Waals surface area contributed by atoms with Crippen LogP contribution in [-0.4, -0.2) is 5.78 Å². The number of carbonyl (C=O) groups is 1. The average Bonchev–Trinajstić information content (AvgIpc) is 2.40. The van der Waals surface area contributed by atoms with Gasteiger partial charge in [-0.15, -0.1) is 0 Å². The maximum atomic E-state index is 11.9. The van der Waals surface area contributed by atoms with E-state index in [0.717, 1.165) is 19.3 Å². The molecule has 0 radical (unpaired) electrons. The van der Waals surface area contributed by atoms with Crippen LogP contribution in [0.1, 0.15) is 40.0 Å². The van der Waals surface area contributed by atoms with Crippen LogP contribution in [0.25, 0.3) is 0 Å². The summed E-state index contributed by atoms with van der Waals surface area (Å²) in [6.07, 6.45) is 9.20. The summed E-state index contributed by atoms with van der Waals surface area (Å²) in [5.74, 6) is 0.448. The second kappa shape index (κ2) is 2.82. The van der Waals surface area contributed by atoms with Crippen LogP contribution in [0.2, 0.25) is 0 Å². The number of hydrogen-bond acceptors (Lipinski definition) is 1. The van der Waals surface area contributed by atoms with Gasteiger partial charge in [-0.2, -0.15) is 0 Å². The Kier molecular flexibility index (Phi) is 1.95. The fourth-order valence-electron chi connectivity index (χ4n) is 3.05. The predicted octanol–water partition coefficient (Wildman–Crippen LogP) is 3.27. The second-order valence-electron chi connectivity index (χ2n) is 4.94. The second-order valence-corrected chi connectivity index (χ2v) is 4.94. The van der Waals surface area contributed by atoms with Crippen molar-refractivity contribution in [3.63, 3.8) is 0 Å². The van der Waals surface area contributed by atoms with Gasteiger partial charge < -0.3 is 0 Å². The first-order valence-electron chi connectivity index (χ1n) is 5.41. The molecule has 0 heterocycles. The first-order valence-corrected chi connectivity index (χ1v) is 5.41. The maximum absolute atomic E-state index is 11.9. The molecule has 0 amide bonds. The lowest BCUT2D eigenvalue weighted by atomic mass is 9.59. The Morgan fingerprint density at radius 3 is 2.71 bits per heavy atom. The van der Waals surface area contributed by atoms with Crippen molar-refractivity contribution in [1.29, 1.82) is 0 Å². The van der Waals surface area contributed by atoms with Crippen LogP contribution < -0.4 is 0 Å². The van der Waals surface area contributed by atoms with Crippen LogP contribution in [0.15, 0.2) is 23.8 Å². The minimum absolute atomic E-state index is 0.0909. The fraction of sp³-hybridized carbons (Fsp3) is 0.615. The van der Waals surface area contributed by atoms with E-state index < -0.39 is 0 Å². The summed E-state index contributed by atoms with van der Waals surface area (Å²) in [6.45, 7) is 6.45. The predicted molar refractivity (Wildman–Crippen MR) is 58.0 cm³/mol. The zero-order valence-electron chi connectivity index (χ0n) is 9.26. The van der Waals surface area contributed by atoms with Crippen molar-refractivity contribution in [1.82, 2.24) is 0 Å². The quantitative estimate of drug-likeness (QED) is 0.573. The number of allylic oxidation sites excluding steroid dienone is 4. The Morgan fingerprint density at radius 1 is 1.36 bits per heavy atom. The average molecular weight is 190 g/mol. The van der Waals surface area contributed by atoms with E-state index in [-0.39, 0.29) is 10.8 Å². The van der Waals surface area contributed by atoms with E-state index in [4.69, 9.17) is 0 Å². The van der Waals surface area contributed by atoms with E-state index in [9.17, 15) is 4.79 Å². The SMILES string of the molecule is C/C=C1/C=CC[C@]2(C)C(=O)CC[C@@]12C. The molecule has 0 aliphatic heterocycles. The van der Waals surface area contributed by atoms with Gasteiger partial charge in [-0.25, -0.2) is 0 Å². The molecule has 2 atom stereocenters. The summed E-state index contributed by atoms with van der Waals surface area (Å²) in [5, 5.41) is 0. The van der Waals surface area contributed by atoms with Gasteiger partial charge in [0.05, 0.1) is 0 Å². The normalized spacial score (nSPS) is 44.5. The molecule has 1 heteroatoms. The van der Waals surface area contributed by atoms with Crippen molar-refractivity contribution >= 4 is 5.78 Å². The van der Waals surface area contributed by atoms with E-state index in [1.807, 2.05) is 0 Å². The first-order chi connectivity index (χ1) is 6.54. The summed E-state index contributed by atoms with van der Waals surface area (Å²) < 4.78 is 0. The molecule has 2 rings (SSSR count). The van der Waals surface area contributed by atoms with Crippen LogP contribution in [0.4, 0.5) is 0 Å². The minimum Gasteiger partial charge on any atom is -0.299 e. The van der Waals surface area contributed by atoms with Crippen LogP contribution in [-0.2, 0) is 4.79 Å². The molecule has 1 nitrogen and oxygen atoms in total. The molecule has 1 fully saturated rings. The Morgan fingerprint density at radius 2 is 2.07 bits per heavy atom. The van der Waals surface area contributed by atoms with Crippen molar-refractivity contribution in [3.8, 4) is 0 Å². The lowest BCUT2D eigenvalue weighted by Gasteiger charge is -2.43. The lowest BCUT2D eigenvalue weighted by molar-refractivity contribution is -0.127. The van der Waals surface area contributed by atoms with Gasteiger partial charge >= 0.3 is 0 Å². The molecule has 2 aliphatic rings. The van der Waals surface area contributed by atoms with Gasteiger partial charge in [0.1, 0.15) is 5.78 Å². The van der Waals surface area contributed by atoms with Gasteiger partial charge in [0.25, 0.3) is 0 Å². The number of Topliss-reactive ketones (excluding diaryl/α,β-unsaturated/α-hetero) is 1. The molecule has 0 saturated heterocycles. The third-order valence-electron chi connectivity index (χ3n) is 4.46. The zero-order valence-corrected chi connectivity index (χ0v) is 9.26. The zero-order chi connectivity index (χ0) is 10.4. The van der Waals surface area contributed by atoms with Gasteiger partial charge in [0, 0.05) is 17.3 Å². The molecule has 0 N–H and O–H groups in total. The highest BCUT2D eigenvalue weighted by molar-refractivity contribution is 5.89. The Labute approximate surface area is 85.9 Å². The van der Waals surface area contributed by atoms with Crippen molar-refractivity contribution in [3.05, 3.63) is 23.8 Å². The number of hydrogen-bond donors (Lipinski definition) is 0. The molecule has 0 aromatic heterocycles. The largest absolute Gasteiger partial charge is 0.299 e. The van der Waals surface area contributed by atoms with E-state index in [1.54, 1.807) is 0 Å². The Hall–Kier alpha value is -0.850. The minimum atomic E-state index is -0.135. The molecule has 0 spiro atoms. The molecule has 1 saturated carbocycles. The van der Waals surface area contributed by atoms with Crippen molar-refractivity contribution in [2.24, 2.45) is 10.8 Å². The summed E-state index contributed by atoms with van der Waals surface area (Å²) >= 11 is 0. The third kappa shape index (κ3) is 0.930. The van der Waals surface area contributed by atoms with Gasteiger partial charge in [-0.1, -0.05) is 32.1 Å². The number of carbonyl (C=O) groups excluding carboxylic acids is 1. The van der Waals surface area contributed by atoms with Crippen LogP contribution in [0, 0.1) is 10.8 Å². The molecule has 0 unspecified atom stereocenters. The van der Waals surface area contributed by atoms with Crippen molar-refractivity contribution in [2.75, 3.05) is 0 Å². The number of ketones is 1. The maximum Gasteiger partial charge on any atom is 0.139 e.